The van der Waals surface area contributed by atoms with E-state index in [1.54, 1.807) is 0 Å². The minimum atomic E-state index is 0.569. The zero-order chi connectivity index (χ0) is 13.2. The van der Waals surface area contributed by atoms with Gasteiger partial charge in [-0.2, -0.15) is 0 Å². The normalized spacial score (nSPS) is 10.8. The van der Waals surface area contributed by atoms with Crippen molar-refractivity contribution in [3.8, 4) is 21.8 Å². The van der Waals surface area contributed by atoms with Crippen molar-refractivity contribution in [2.75, 3.05) is 5.73 Å². The van der Waals surface area contributed by atoms with Crippen LogP contribution in [0.4, 0.5) is 5.13 Å². The van der Waals surface area contributed by atoms with Gasteiger partial charge in [0.2, 0.25) is 0 Å². The van der Waals surface area contributed by atoms with E-state index in [2.05, 4.69) is 16.9 Å². The number of nitrogens with two attached hydrogens (primary N) is 1. The van der Waals surface area contributed by atoms with Crippen molar-refractivity contribution in [2.24, 2.45) is 0 Å². The van der Waals surface area contributed by atoms with Gasteiger partial charge < -0.3 is 10.3 Å². The quantitative estimate of drug-likeness (QED) is 0.794. The van der Waals surface area contributed by atoms with Crippen LogP contribution in [-0.2, 0) is 6.54 Å². The monoisotopic (exact) mass is 270 g/mol. The van der Waals surface area contributed by atoms with Crippen LogP contribution in [0.5, 0.6) is 0 Å². The molecule has 0 saturated heterocycles. The molecule has 0 aliphatic carbocycles. The largest absolute Gasteiger partial charge is 0.375 e. The van der Waals surface area contributed by atoms with Gasteiger partial charge in [0.05, 0.1) is 16.9 Å². The summed E-state index contributed by atoms with van der Waals surface area (Å²) >= 11 is 1.48. The number of rotatable bonds is 3. The van der Waals surface area contributed by atoms with E-state index in [-0.39, 0.29) is 0 Å². The molecule has 1 aromatic carbocycles. The van der Waals surface area contributed by atoms with E-state index >= 15 is 0 Å². The molecule has 0 bridgehead atoms. The summed E-state index contributed by atoms with van der Waals surface area (Å²) in [4.78, 5) is 9.90. The Labute approximate surface area is 115 Å². The van der Waals surface area contributed by atoms with Gasteiger partial charge in [-0.05, 0) is 6.92 Å². The minimum absolute atomic E-state index is 0.569. The fourth-order valence-electron chi connectivity index (χ4n) is 1.95. The Morgan fingerprint density at radius 3 is 2.74 bits per heavy atom. The molecule has 19 heavy (non-hydrogen) atoms. The van der Waals surface area contributed by atoms with Gasteiger partial charge in [0.1, 0.15) is 5.69 Å². The van der Waals surface area contributed by atoms with Crippen molar-refractivity contribution in [3.63, 3.8) is 0 Å². The predicted octanol–water partition coefficient (Wildman–Crippen LogP) is 3.28. The van der Waals surface area contributed by atoms with E-state index in [0.717, 1.165) is 28.4 Å². The number of nitrogen functional groups attached to an aromatic ring is 1. The first kappa shape index (κ1) is 11.9. The highest BCUT2D eigenvalue weighted by Crippen LogP contribution is 2.36. The number of hydrogen-bond acceptors (Lipinski definition) is 4. The number of nitrogens with zero attached hydrogens (tertiary/aromatic N) is 3. The molecule has 0 unspecified atom stereocenters. The van der Waals surface area contributed by atoms with Crippen molar-refractivity contribution in [1.29, 1.82) is 0 Å². The Balaban J connectivity index is 2.12. The highest BCUT2D eigenvalue weighted by molar-refractivity contribution is 7.19. The highest BCUT2D eigenvalue weighted by Gasteiger charge is 2.15. The van der Waals surface area contributed by atoms with Crippen molar-refractivity contribution in [2.45, 2.75) is 13.5 Å². The molecule has 0 fully saturated rings. The summed E-state index contributed by atoms with van der Waals surface area (Å²) in [6.07, 6.45) is 3.86. The molecular weight excluding hydrogens is 256 g/mol. The lowest BCUT2D eigenvalue weighted by Crippen LogP contribution is -1.86. The van der Waals surface area contributed by atoms with E-state index in [9.17, 15) is 0 Å². The predicted molar refractivity (Wildman–Crippen MR) is 78.9 cm³/mol. The van der Waals surface area contributed by atoms with E-state index < -0.39 is 0 Å². The second-order valence-electron chi connectivity index (χ2n) is 4.19. The topological polar surface area (TPSA) is 56.7 Å². The van der Waals surface area contributed by atoms with Crippen LogP contribution < -0.4 is 5.73 Å². The standard InChI is InChI=1S/C14H14N4S/c1-2-18-8-11(16-9-18)13-12(17-14(15)19-13)10-6-4-3-5-7-10/h3-9H,2H2,1H3,(H2,15,17). The lowest BCUT2D eigenvalue weighted by Gasteiger charge is -1.99. The molecular formula is C14H14N4S. The molecule has 0 atom stereocenters. The molecule has 3 aromatic rings. The third-order valence-corrected chi connectivity index (χ3v) is 3.83. The molecule has 0 radical (unpaired) electrons. The Bertz CT molecular complexity index is 685. The molecule has 0 aliphatic rings. The van der Waals surface area contributed by atoms with Gasteiger partial charge in [0, 0.05) is 18.3 Å². The average molecular weight is 270 g/mol. The maximum atomic E-state index is 5.87. The Morgan fingerprint density at radius 1 is 1.26 bits per heavy atom. The summed E-state index contributed by atoms with van der Waals surface area (Å²) in [7, 11) is 0. The fourth-order valence-corrected chi connectivity index (χ4v) is 2.77. The summed E-state index contributed by atoms with van der Waals surface area (Å²) in [5.74, 6) is 0. The number of benzene rings is 1. The molecule has 4 nitrogen and oxygen atoms in total. The van der Waals surface area contributed by atoms with Gasteiger partial charge in [-0.15, -0.1) is 0 Å². The maximum Gasteiger partial charge on any atom is 0.181 e. The van der Waals surface area contributed by atoms with Gasteiger partial charge in [0.15, 0.2) is 5.13 Å². The molecule has 96 valence electrons. The van der Waals surface area contributed by atoms with Crippen molar-refractivity contribution in [3.05, 3.63) is 42.9 Å². The molecule has 0 spiro atoms. The second-order valence-corrected chi connectivity index (χ2v) is 5.22. The van der Waals surface area contributed by atoms with E-state index in [1.165, 1.54) is 11.3 Å². The molecule has 3 rings (SSSR count). The van der Waals surface area contributed by atoms with Crippen molar-refractivity contribution in [1.82, 2.24) is 14.5 Å². The summed E-state index contributed by atoms with van der Waals surface area (Å²) in [5, 5.41) is 0.569. The van der Waals surface area contributed by atoms with Crippen LogP contribution in [0.25, 0.3) is 21.8 Å². The van der Waals surface area contributed by atoms with Crippen LogP contribution >= 0.6 is 11.3 Å². The van der Waals surface area contributed by atoms with Crippen LogP contribution in [0, 0.1) is 0 Å². The third kappa shape index (κ3) is 2.24. The zero-order valence-corrected chi connectivity index (χ0v) is 11.4. The molecule has 5 heteroatoms. The van der Waals surface area contributed by atoms with Gasteiger partial charge >= 0.3 is 0 Å². The van der Waals surface area contributed by atoms with Gasteiger partial charge in [-0.3, -0.25) is 0 Å². The second kappa shape index (κ2) is 4.85. The lowest BCUT2D eigenvalue weighted by molar-refractivity contribution is 0.762. The van der Waals surface area contributed by atoms with Gasteiger partial charge in [0.25, 0.3) is 0 Å². The molecule has 2 heterocycles. The van der Waals surface area contributed by atoms with E-state index in [0.29, 0.717) is 5.13 Å². The first-order chi connectivity index (χ1) is 9.28. The summed E-state index contributed by atoms with van der Waals surface area (Å²) in [5.41, 5.74) is 8.77. The first-order valence-corrected chi connectivity index (χ1v) is 6.93. The van der Waals surface area contributed by atoms with E-state index in [4.69, 9.17) is 5.73 Å². The van der Waals surface area contributed by atoms with Crippen LogP contribution in [0.1, 0.15) is 6.92 Å². The first-order valence-electron chi connectivity index (χ1n) is 6.12. The fraction of sp³-hybridized carbons (Fsp3) is 0.143. The molecule has 2 aromatic heterocycles. The van der Waals surface area contributed by atoms with Crippen LogP contribution in [-0.4, -0.2) is 14.5 Å². The Morgan fingerprint density at radius 2 is 2.05 bits per heavy atom. The SMILES string of the molecule is CCn1cnc(-c2sc(N)nc2-c2ccccc2)c1. The minimum Gasteiger partial charge on any atom is -0.375 e. The highest BCUT2D eigenvalue weighted by atomic mass is 32.1. The molecule has 2 N–H and O–H groups in total. The average Bonchev–Trinajstić information content (AvgIpc) is 3.05. The zero-order valence-electron chi connectivity index (χ0n) is 10.6. The van der Waals surface area contributed by atoms with Crippen molar-refractivity contribution >= 4 is 16.5 Å². The smallest absolute Gasteiger partial charge is 0.181 e. The third-order valence-electron chi connectivity index (χ3n) is 2.92. The maximum absolute atomic E-state index is 5.87. The number of thiazole rings is 1. The van der Waals surface area contributed by atoms with Crippen molar-refractivity contribution < 1.29 is 0 Å². The van der Waals surface area contributed by atoms with Crippen LogP contribution in [0.15, 0.2) is 42.9 Å². The number of aryl methyl sites for hydroxylation is 1. The van der Waals surface area contributed by atoms with Gasteiger partial charge in [-0.25, -0.2) is 9.97 Å². The Kier molecular flexibility index (Phi) is 3.05. The summed E-state index contributed by atoms with van der Waals surface area (Å²) < 4.78 is 2.04. The molecule has 0 saturated carbocycles. The summed E-state index contributed by atoms with van der Waals surface area (Å²) in [6.45, 7) is 2.99. The summed E-state index contributed by atoms with van der Waals surface area (Å²) in [6, 6.07) is 10.1. The number of aromatic nitrogens is 3. The molecule has 0 aliphatic heterocycles. The number of anilines is 1. The number of imidazole rings is 1. The van der Waals surface area contributed by atoms with Crippen LogP contribution in [0.2, 0.25) is 0 Å². The lowest BCUT2D eigenvalue weighted by atomic mass is 10.1. The van der Waals surface area contributed by atoms with E-state index in [1.807, 2.05) is 47.4 Å². The van der Waals surface area contributed by atoms with Gasteiger partial charge in [-0.1, -0.05) is 41.7 Å². The number of hydrogen-bond donors (Lipinski definition) is 1. The van der Waals surface area contributed by atoms with Crippen LogP contribution in [0.3, 0.4) is 0 Å². The Hall–Kier alpha value is -2.14. The molecule has 0 amide bonds.